The first-order valence-electron chi connectivity index (χ1n) is 11.2. The zero-order chi connectivity index (χ0) is 27.9. The highest BCUT2D eigenvalue weighted by atomic mass is 32.2. The molecule has 0 unspecified atom stereocenters. The van der Waals surface area contributed by atoms with Crippen molar-refractivity contribution < 1.29 is 45.8 Å². The Bertz CT molecular complexity index is 1250. The summed E-state index contributed by atoms with van der Waals surface area (Å²) in [6, 6.07) is 7.37. The molecule has 1 atom stereocenters. The lowest BCUT2D eigenvalue weighted by Gasteiger charge is -2.33. The van der Waals surface area contributed by atoms with E-state index in [0.29, 0.717) is 0 Å². The van der Waals surface area contributed by atoms with E-state index < -0.39 is 64.6 Å². The Hall–Kier alpha value is -3.63. The number of hydrogen-bond acceptors (Lipinski definition) is 9. The fourth-order valence-electron chi connectivity index (χ4n) is 3.54. The molecule has 0 aliphatic carbocycles. The summed E-state index contributed by atoms with van der Waals surface area (Å²) in [5.74, 6) is -5.01. The second kappa shape index (κ2) is 12.3. The Morgan fingerprint density at radius 1 is 1.08 bits per heavy atom. The van der Waals surface area contributed by atoms with Crippen molar-refractivity contribution in [2.75, 3.05) is 39.3 Å². The molecule has 2 heterocycles. The third-order valence-corrected chi connectivity index (χ3v) is 7.34. The lowest BCUT2D eigenvalue weighted by atomic mass is 10.1. The molecule has 1 amide bonds. The van der Waals surface area contributed by atoms with Crippen molar-refractivity contribution in [1.29, 1.82) is 0 Å². The van der Waals surface area contributed by atoms with Gasteiger partial charge in [0, 0.05) is 38.4 Å². The highest BCUT2D eigenvalue weighted by Gasteiger charge is 2.35. The van der Waals surface area contributed by atoms with Crippen molar-refractivity contribution in [3.05, 3.63) is 48.4 Å². The first-order chi connectivity index (χ1) is 17.9. The molecule has 12 nitrogen and oxygen atoms in total. The number of nitrogens with one attached hydrogen (secondary N) is 1. The van der Waals surface area contributed by atoms with Crippen LogP contribution in [0, 0.1) is 0 Å². The molecule has 3 rings (SSSR count). The number of amides is 1. The van der Waals surface area contributed by atoms with Gasteiger partial charge in [0.1, 0.15) is 6.04 Å². The van der Waals surface area contributed by atoms with Gasteiger partial charge in [-0.2, -0.15) is 22.5 Å². The SMILES string of the molecule is O=C(O)C[C@H](NC(=O)CN1CCN(S(=O)(=O)c2ccccc2)CC1)C(=O)COc1ccnc(C(F)(F)F)n1. The predicted molar refractivity (Wildman–Crippen MR) is 123 cm³/mol. The minimum Gasteiger partial charge on any atom is -0.481 e. The number of halogens is 3. The van der Waals surface area contributed by atoms with E-state index in [4.69, 9.17) is 9.84 Å². The standard InChI is InChI=1S/C22H24F3N5O7S/c23-22(24,25)21-26-7-6-19(28-21)37-14-17(31)16(12-20(33)34)27-18(32)13-29-8-10-30(11-9-29)38(35,36)15-4-2-1-3-5-15/h1-7,16H,8-14H2,(H,27,32)(H,33,34)/t16-/m0/s1. The number of piperazine rings is 1. The van der Waals surface area contributed by atoms with Crippen LogP contribution in [0.2, 0.25) is 0 Å². The molecule has 38 heavy (non-hydrogen) atoms. The topological polar surface area (TPSA) is 159 Å². The van der Waals surface area contributed by atoms with Crippen LogP contribution in [0.5, 0.6) is 5.88 Å². The van der Waals surface area contributed by atoms with Crippen molar-refractivity contribution in [3.63, 3.8) is 0 Å². The molecule has 1 saturated heterocycles. The third-order valence-electron chi connectivity index (χ3n) is 5.43. The summed E-state index contributed by atoms with van der Waals surface area (Å²) in [6.45, 7) is -0.402. The zero-order valence-corrected chi connectivity index (χ0v) is 20.6. The first kappa shape index (κ1) is 28.9. The number of carboxylic acid groups (broad SMARTS) is 1. The van der Waals surface area contributed by atoms with Gasteiger partial charge in [0.05, 0.1) is 17.9 Å². The highest BCUT2D eigenvalue weighted by Crippen LogP contribution is 2.26. The Morgan fingerprint density at radius 2 is 1.74 bits per heavy atom. The van der Waals surface area contributed by atoms with Crippen LogP contribution in [0.1, 0.15) is 12.2 Å². The number of alkyl halides is 3. The number of benzene rings is 1. The highest BCUT2D eigenvalue weighted by molar-refractivity contribution is 7.89. The number of ether oxygens (including phenoxy) is 1. The molecular weight excluding hydrogens is 535 g/mol. The van der Waals surface area contributed by atoms with E-state index in [1.165, 1.54) is 16.4 Å². The quantitative estimate of drug-likeness (QED) is 0.395. The van der Waals surface area contributed by atoms with Crippen LogP contribution in [-0.2, 0) is 30.6 Å². The molecule has 2 N–H and O–H groups in total. The van der Waals surface area contributed by atoms with E-state index in [-0.39, 0.29) is 37.6 Å². The van der Waals surface area contributed by atoms with Gasteiger partial charge in [-0.1, -0.05) is 18.2 Å². The number of aromatic nitrogens is 2. The van der Waals surface area contributed by atoms with E-state index in [1.54, 1.807) is 23.1 Å². The normalized spacial score (nSPS) is 16.0. The maximum absolute atomic E-state index is 12.7. The predicted octanol–water partition coefficient (Wildman–Crippen LogP) is 0.409. The van der Waals surface area contributed by atoms with Crippen molar-refractivity contribution in [2.45, 2.75) is 23.5 Å². The van der Waals surface area contributed by atoms with Gasteiger partial charge in [0.15, 0.2) is 12.4 Å². The number of nitrogens with zero attached hydrogens (tertiary/aromatic N) is 4. The summed E-state index contributed by atoms with van der Waals surface area (Å²) in [6.07, 6.45) is -4.83. The molecule has 1 aliphatic heterocycles. The second-order valence-corrected chi connectivity index (χ2v) is 10.1. The largest absolute Gasteiger partial charge is 0.481 e. The van der Waals surface area contributed by atoms with Gasteiger partial charge in [-0.15, -0.1) is 0 Å². The molecule has 1 aromatic heterocycles. The third kappa shape index (κ3) is 7.93. The van der Waals surface area contributed by atoms with Crippen molar-refractivity contribution >= 4 is 27.7 Å². The minimum atomic E-state index is -4.83. The van der Waals surface area contributed by atoms with Crippen LogP contribution in [0.3, 0.4) is 0 Å². The molecular formula is C22H24F3N5O7S. The Labute approximate surface area is 215 Å². The Kier molecular flexibility index (Phi) is 9.35. The van der Waals surface area contributed by atoms with Gasteiger partial charge >= 0.3 is 12.1 Å². The molecule has 1 fully saturated rings. The number of ketones is 1. The van der Waals surface area contributed by atoms with Crippen LogP contribution in [0.25, 0.3) is 0 Å². The molecule has 0 spiro atoms. The molecule has 1 aromatic carbocycles. The zero-order valence-electron chi connectivity index (χ0n) is 19.8. The summed E-state index contributed by atoms with van der Waals surface area (Å²) < 4.78 is 69.9. The summed E-state index contributed by atoms with van der Waals surface area (Å²) in [5, 5.41) is 11.4. The molecule has 206 valence electrons. The number of sulfonamides is 1. The van der Waals surface area contributed by atoms with Gasteiger partial charge in [-0.05, 0) is 12.1 Å². The van der Waals surface area contributed by atoms with Crippen LogP contribution >= 0.6 is 0 Å². The summed E-state index contributed by atoms with van der Waals surface area (Å²) in [4.78, 5) is 44.2. The van der Waals surface area contributed by atoms with Crippen LogP contribution < -0.4 is 10.1 Å². The number of hydrogen-bond donors (Lipinski definition) is 2. The second-order valence-electron chi connectivity index (χ2n) is 8.18. The monoisotopic (exact) mass is 559 g/mol. The van der Waals surface area contributed by atoms with E-state index in [1.807, 2.05) is 0 Å². The summed E-state index contributed by atoms with van der Waals surface area (Å²) >= 11 is 0. The van der Waals surface area contributed by atoms with Gasteiger partial charge < -0.3 is 15.2 Å². The van der Waals surface area contributed by atoms with Gasteiger partial charge in [-0.3, -0.25) is 19.3 Å². The number of rotatable bonds is 11. The van der Waals surface area contributed by atoms with E-state index in [9.17, 15) is 36.0 Å². The molecule has 16 heteroatoms. The maximum atomic E-state index is 12.7. The smallest absolute Gasteiger partial charge is 0.451 e. The lowest BCUT2D eigenvalue weighted by molar-refractivity contribution is -0.145. The van der Waals surface area contributed by atoms with Gasteiger partial charge in [0.25, 0.3) is 0 Å². The van der Waals surface area contributed by atoms with Crippen molar-refractivity contribution in [3.8, 4) is 5.88 Å². The maximum Gasteiger partial charge on any atom is 0.451 e. The van der Waals surface area contributed by atoms with Crippen LogP contribution in [0.4, 0.5) is 13.2 Å². The summed E-state index contributed by atoms with van der Waals surface area (Å²) in [7, 11) is -3.69. The summed E-state index contributed by atoms with van der Waals surface area (Å²) in [5.41, 5.74) is 0. The van der Waals surface area contributed by atoms with Crippen LogP contribution in [0.15, 0.2) is 47.5 Å². The van der Waals surface area contributed by atoms with Gasteiger partial charge in [-0.25, -0.2) is 13.4 Å². The number of carbonyl (C=O) groups excluding carboxylic acids is 2. The first-order valence-corrected chi connectivity index (χ1v) is 12.6. The molecule has 1 aliphatic rings. The fraction of sp³-hybridized carbons (Fsp3) is 0.409. The van der Waals surface area contributed by atoms with Gasteiger partial charge in [0.2, 0.25) is 27.6 Å². The Morgan fingerprint density at radius 3 is 2.34 bits per heavy atom. The fourth-order valence-corrected chi connectivity index (χ4v) is 4.98. The number of Topliss-reactive ketones (excluding diaryl/α,β-unsaturated/α-hetero) is 1. The average Bonchev–Trinajstić information content (AvgIpc) is 2.87. The molecule has 2 aromatic rings. The molecule has 0 saturated carbocycles. The van der Waals surface area contributed by atoms with E-state index >= 15 is 0 Å². The number of aliphatic carboxylic acids is 1. The number of carbonyl (C=O) groups is 3. The molecule has 0 bridgehead atoms. The lowest BCUT2D eigenvalue weighted by Crippen LogP contribution is -2.53. The average molecular weight is 560 g/mol. The number of carboxylic acids is 1. The molecule has 0 radical (unpaired) electrons. The van der Waals surface area contributed by atoms with Crippen molar-refractivity contribution in [2.24, 2.45) is 0 Å². The minimum absolute atomic E-state index is 0.120. The van der Waals surface area contributed by atoms with E-state index in [0.717, 1.165) is 12.3 Å². The Balaban J connectivity index is 1.53. The van der Waals surface area contributed by atoms with E-state index in [2.05, 4.69) is 15.3 Å². The van der Waals surface area contributed by atoms with Crippen LogP contribution in [-0.4, -0.2) is 95.7 Å². The van der Waals surface area contributed by atoms with Crippen molar-refractivity contribution in [1.82, 2.24) is 24.5 Å².